The average molecular weight is 244 g/mol. The van der Waals surface area contributed by atoms with Crippen molar-refractivity contribution in [2.24, 2.45) is 5.73 Å². The predicted octanol–water partition coefficient (Wildman–Crippen LogP) is 2.64. The molecule has 3 nitrogen and oxygen atoms in total. The van der Waals surface area contributed by atoms with E-state index in [1.807, 2.05) is 0 Å². The normalized spacial score (nSPS) is 13.6. The van der Waals surface area contributed by atoms with Gasteiger partial charge in [-0.05, 0) is 20.3 Å². The minimum Gasteiger partial charge on any atom is -0.383 e. The van der Waals surface area contributed by atoms with Gasteiger partial charge in [0.05, 0.1) is 6.61 Å². The molecule has 0 aliphatic carbocycles. The van der Waals surface area contributed by atoms with Crippen molar-refractivity contribution in [2.75, 3.05) is 26.8 Å². The Hall–Kier alpha value is -0.120. The second-order valence-corrected chi connectivity index (χ2v) is 5.06. The number of methoxy groups -OCH3 is 1. The SMILES string of the molecule is CCCCCCC(CN)N(CCOC)C(C)C. The summed E-state index contributed by atoms with van der Waals surface area (Å²) in [5, 5.41) is 0. The van der Waals surface area contributed by atoms with Crippen molar-refractivity contribution in [2.45, 2.75) is 65.0 Å². The van der Waals surface area contributed by atoms with Crippen molar-refractivity contribution in [1.29, 1.82) is 0 Å². The molecule has 0 aliphatic heterocycles. The maximum Gasteiger partial charge on any atom is 0.0589 e. The van der Waals surface area contributed by atoms with E-state index in [2.05, 4.69) is 25.7 Å². The molecule has 0 saturated heterocycles. The van der Waals surface area contributed by atoms with Gasteiger partial charge in [0, 0.05) is 32.3 Å². The summed E-state index contributed by atoms with van der Waals surface area (Å²) in [6.07, 6.45) is 6.50. The van der Waals surface area contributed by atoms with Gasteiger partial charge in [-0.25, -0.2) is 0 Å². The molecule has 0 aromatic heterocycles. The van der Waals surface area contributed by atoms with E-state index >= 15 is 0 Å². The van der Waals surface area contributed by atoms with Gasteiger partial charge in [-0.1, -0.05) is 32.6 Å². The van der Waals surface area contributed by atoms with Crippen molar-refractivity contribution >= 4 is 0 Å². The van der Waals surface area contributed by atoms with Crippen molar-refractivity contribution in [3.8, 4) is 0 Å². The summed E-state index contributed by atoms with van der Waals surface area (Å²) in [6, 6.07) is 1.06. The molecule has 0 saturated carbocycles. The molecule has 1 atom stereocenters. The van der Waals surface area contributed by atoms with Crippen molar-refractivity contribution in [1.82, 2.24) is 4.90 Å². The predicted molar refractivity (Wildman–Crippen MR) is 75.3 cm³/mol. The number of nitrogens with two attached hydrogens (primary N) is 1. The molecule has 0 rings (SSSR count). The van der Waals surface area contributed by atoms with Crippen LogP contribution in [0.3, 0.4) is 0 Å². The first-order valence-corrected chi connectivity index (χ1v) is 7.12. The number of nitrogens with zero attached hydrogens (tertiary/aromatic N) is 1. The third-order valence-electron chi connectivity index (χ3n) is 3.35. The first-order chi connectivity index (χ1) is 8.17. The van der Waals surface area contributed by atoms with E-state index < -0.39 is 0 Å². The lowest BCUT2D eigenvalue weighted by atomic mass is 10.0. The standard InChI is InChI=1S/C14H32N2O/c1-5-6-7-8-9-14(12-15)16(13(2)3)10-11-17-4/h13-14H,5-12,15H2,1-4H3. The second kappa shape index (κ2) is 11.0. The second-order valence-electron chi connectivity index (χ2n) is 5.06. The Balaban J connectivity index is 4.05. The number of hydrogen-bond donors (Lipinski definition) is 1. The lowest BCUT2D eigenvalue weighted by Crippen LogP contribution is -2.46. The topological polar surface area (TPSA) is 38.5 Å². The van der Waals surface area contributed by atoms with E-state index in [-0.39, 0.29) is 0 Å². The molecular formula is C14H32N2O. The monoisotopic (exact) mass is 244 g/mol. The van der Waals surface area contributed by atoms with E-state index in [0.717, 1.165) is 19.7 Å². The highest BCUT2D eigenvalue weighted by Gasteiger charge is 2.18. The van der Waals surface area contributed by atoms with Crippen LogP contribution in [0.15, 0.2) is 0 Å². The highest BCUT2D eigenvalue weighted by atomic mass is 16.5. The molecule has 0 bridgehead atoms. The van der Waals surface area contributed by atoms with Crippen molar-refractivity contribution in [3.63, 3.8) is 0 Å². The van der Waals surface area contributed by atoms with Crippen molar-refractivity contribution < 1.29 is 4.74 Å². The number of hydrogen-bond acceptors (Lipinski definition) is 3. The van der Waals surface area contributed by atoms with E-state index in [0.29, 0.717) is 12.1 Å². The molecule has 1 unspecified atom stereocenters. The Labute approximate surface area is 108 Å². The molecule has 17 heavy (non-hydrogen) atoms. The van der Waals surface area contributed by atoms with E-state index in [1.165, 1.54) is 32.1 Å². The molecule has 104 valence electrons. The fraction of sp³-hybridized carbons (Fsp3) is 1.00. The van der Waals surface area contributed by atoms with E-state index in [1.54, 1.807) is 7.11 Å². The molecule has 0 amide bonds. The Bertz CT molecular complexity index is 162. The Morgan fingerprint density at radius 1 is 1.18 bits per heavy atom. The number of ether oxygens (including phenoxy) is 1. The van der Waals surface area contributed by atoms with Crippen LogP contribution in [0.25, 0.3) is 0 Å². The molecule has 0 aliphatic rings. The van der Waals surface area contributed by atoms with Gasteiger partial charge >= 0.3 is 0 Å². The van der Waals surface area contributed by atoms with Crippen LogP contribution in [0.2, 0.25) is 0 Å². The number of unbranched alkanes of at least 4 members (excludes halogenated alkanes) is 3. The fourth-order valence-electron chi connectivity index (χ4n) is 2.28. The van der Waals surface area contributed by atoms with Crippen LogP contribution < -0.4 is 5.73 Å². The molecule has 3 heteroatoms. The minimum absolute atomic E-state index is 0.516. The third-order valence-corrected chi connectivity index (χ3v) is 3.35. The first-order valence-electron chi connectivity index (χ1n) is 7.12. The molecular weight excluding hydrogens is 212 g/mol. The Morgan fingerprint density at radius 3 is 2.35 bits per heavy atom. The van der Waals surface area contributed by atoms with Gasteiger partial charge < -0.3 is 10.5 Å². The van der Waals surface area contributed by atoms with Gasteiger partial charge in [0.2, 0.25) is 0 Å². The molecule has 0 heterocycles. The van der Waals surface area contributed by atoms with E-state index in [9.17, 15) is 0 Å². The Kier molecular flexibility index (Phi) is 10.9. The quantitative estimate of drug-likeness (QED) is 0.568. The Morgan fingerprint density at radius 2 is 1.88 bits per heavy atom. The molecule has 0 aromatic rings. The van der Waals surface area contributed by atoms with Crippen LogP contribution in [-0.4, -0.2) is 43.8 Å². The van der Waals surface area contributed by atoms with Gasteiger partial charge in [0.1, 0.15) is 0 Å². The fourth-order valence-corrected chi connectivity index (χ4v) is 2.28. The zero-order valence-electron chi connectivity index (χ0n) is 12.2. The molecule has 0 aromatic carbocycles. The first kappa shape index (κ1) is 16.9. The summed E-state index contributed by atoms with van der Waals surface area (Å²) in [5.74, 6) is 0. The van der Waals surface area contributed by atoms with Gasteiger partial charge in [-0.2, -0.15) is 0 Å². The summed E-state index contributed by atoms with van der Waals surface area (Å²) < 4.78 is 5.18. The summed E-state index contributed by atoms with van der Waals surface area (Å²) in [7, 11) is 1.76. The van der Waals surface area contributed by atoms with E-state index in [4.69, 9.17) is 10.5 Å². The lowest BCUT2D eigenvalue weighted by Gasteiger charge is -2.34. The highest BCUT2D eigenvalue weighted by molar-refractivity contribution is 4.75. The highest BCUT2D eigenvalue weighted by Crippen LogP contribution is 2.13. The van der Waals surface area contributed by atoms with Gasteiger partial charge in [0.15, 0.2) is 0 Å². The van der Waals surface area contributed by atoms with Gasteiger partial charge in [-0.15, -0.1) is 0 Å². The van der Waals surface area contributed by atoms with Crippen molar-refractivity contribution in [3.05, 3.63) is 0 Å². The third kappa shape index (κ3) is 7.74. The molecule has 0 fully saturated rings. The van der Waals surface area contributed by atoms with Crippen LogP contribution in [0.1, 0.15) is 52.9 Å². The number of rotatable bonds is 11. The smallest absolute Gasteiger partial charge is 0.0589 e. The summed E-state index contributed by atoms with van der Waals surface area (Å²) in [4.78, 5) is 2.48. The summed E-state index contributed by atoms with van der Waals surface area (Å²) >= 11 is 0. The lowest BCUT2D eigenvalue weighted by molar-refractivity contribution is 0.0933. The maximum atomic E-state index is 5.92. The van der Waals surface area contributed by atoms with Crippen LogP contribution in [-0.2, 0) is 4.74 Å². The molecule has 0 spiro atoms. The zero-order chi connectivity index (χ0) is 13.1. The van der Waals surface area contributed by atoms with Crippen LogP contribution in [0, 0.1) is 0 Å². The van der Waals surface area contributed by atoms with Gasteiger partial charge in [-0.3, -0.25) is 4.90 Å². The molecule has 0 radical (unpaired) electrons. The summed E-state index contributed by atoms with van der Waals surface area (Å²) in [5.41, 5.74) is 5.92. The zero-order valence-corrected chi connectivity index (χ0v) is 12.2. The van der Waals surface area contributed by atoms with Gasteiger partial charge in [0.25, 0.3) is 0 Å². The maximum absolute atomic E-state index is 5.92. The minimum atomic E-state index is 0.516. The summed E-state index contributed by atoms with van der Waals surface area (Å²) in [6.45, 7) is 9.27. The average Bonchev–Trinajstić information content (AvgIpc) is 2.31. The van der Waals surface area contributed by atoms with Crippen LogP contribution >= 0.6 is 0 Å². The van der Waals surface area contributed by atoms with Crippen LogP contribution in [0.5, 0.6) is 0 Å². The van der Waals surface area contributed by atoms with Crippen LogP contribution in [0.4, 0.5) is 0 Å². The molecule has 2 N–H and O–H groups in total. The largest absolute Gasteiger partial charge is 0.383 e.